The molecule has 0 aliphatic heterocycles. The number of hydrogen-bond donors (Lipinski definition) is 2. The summed E-state index contributed by atoms with van der Waals surface area (Å²) in [5, 5.41) is 2.47. The SMILES string of the molecule is CC(N)C(C)C(=O)Nc1ccccc1SC(F)(F)F. The minimum Gasteiger partial charge on any atom is -0.327 e. The fourth-order valence-electron chi connectivity index (χ4n) is 1.27. The Morgan fingerprint density at radius 2 is 1.89 bits per heavy atom. The highest BCUT2D eigenvalue weighted by Crippen LogP contribution is 2.40. The third-order valence-corrected chi connectivity index (χ3v) is 3.38. The van der Waals surface area contributed by atoms with Gasteiger partial charge in [0.2, 0.25) is 5.91 Å². The largest absolute Gasteiger partial charge is 0.446 e. The van der Waals surface area contributed by atoms with E-state index in [0.717, 1.165) is 0 Å². The highest BCUT2D eigenvalue weighted by atomic mass is 32.2. The lowest BCUT2D eigenvalue weighted by Gasteiger charge is -2.17. The van der Waals surface area contributed by atoms with Crippen LogP contribution in [-0.2, 0) is 4.79 Å². The van der Waals surface area contributed by atoms with Crippen molar-refractivity contribution in [1.82, 2.24) is 0 Å². The fourth-order valence-corrected chi connectivity index (χ4v) is 1.89. The average Bonchev–Trinajstić information content (AvgIpc) is 2.28. The summed E-state index contributed by atoms with van der Waals surface area (Å²) >= 11 is -0.257. The lowest BCUT2D eigenvalue weighted by atomic mass is 10.0. The van der Waals surface area contributed by atoms with Gasteiger partial charge in [-0.1, -0.05) is 19.1 Å². The molecule has 1 rings (SSSR count). The normalized spacial score (nSPS) is 14.8. The van der Waals surface area contributed by atoms with Crippen molar-refractivity contribution in [2.24, 2.45) is 11.7 Å². The van der Waals surface area contributed by atoms with E-state index in [1.807, 2.05) is 0 Å². The number of rotatable bonds is 4. The number of amides is 1. The fraction of sp³-hybridized carbons (Fsp3) is 0.417. The Hall–Kier alpha value is -1.21. The van der Waals surface area contributed by atoms with Gasteiger partial charge in [0.05, 0.1) is 11.6 Å². The Morgan fingerprint density at radius 3 is 2.42 bits per heavy atom. The number of carbonyl (C=O) groups excluding carboxylic acids is 1. The number of carbonyl (C=O) groups is 1. The second kappa shape index (κ2) is 6.29. The summed E-state index contributed by atoms with van der Waals surface area (Å²) in [5.74, 6) is -0.880. The number of halogens is 3. The predicted molar refractivity (Wildman–Crippen MR) is 69.8 cm³/mol. The van der Waals surface area contributed by atoms with Crippen molar-refractivity contribution < 1.29 is 18.0 Å². The zero-order chi connectivity index (χ0) is 14.6. The number of hydrogen-bond acceptors (Lipinski definition) is 3. The van der Waals surface area contributed by atoms with Gasteiger partial charge in [0.15, 0.2) is 0 Å². The minimum atomic E-state index is -4.40. The quantitative estimate of drug-likeness (QED) is 0.838. The van der Waals surface area contributed by atoms with Crippen LogP contribution in [0.15, 0.2) is 29.2 Å². The molecule has 0 saturated heterocycles. The van der Waals surface area contributed by atoms with Gasteiger partial charge in [-0.15, -0.1) is 0 Å². The molecular formula is C12H15F3N2OS. The van der Waals surface area contributed by atoms with Gasteiger partial charge in [-0.25, -0.2) is 0 Å². The Labute approximate surface area is 113 Å². The summed E-state index contributed by atoms with van der Waals surface area (Å²) in [5.41, 5.74) is 1.33. The van der Waals surface area contributed by atoms with Crippen LogP contribution in [-0.4, -0.2) is 17.5 Å². The molecule has 0 radical (unpaired) electrons. The number of benzene rings is 1. The Bertz CT molecular complexity index is 449. The minimum absolute atomic E-state index is 0.0415. The second-order valence-corrected chi connectivity index (χ2v) is 5.29. The van der Waals surface area contributed by atoms with Crippen molar-refractivity contribution in [1.29, 1.82) is 0 Å². The Balaban J connectivity index is 2.87. The third-order valence-electron chi connectivity index (χ3n) is 2.57. The molecule has 1 amide bonds. The molecule has 0 bridgehead atoms. The number of anilines is 1. The molecule has 0 aliphatic carbocycles. The monoisotopic (exact) mass is 292 g/mol. The first-order valence-electron chi connectivity index (χ1n) is 5.62. The van der Waals surface area contributed by atoms with Gasteiger partial charge in [-0.2, -0.15) is 13.2 Å². The molecular weight excluding hydrogens is 277 g/mol. The molecule has 7 heteroatoms. The third kappa shape index (κ3) is 5.12. The standard InChI is InChI=1S/C12H15F3N2OS/c1-7(8(2)16)11(18)17-9-5-3-4-6-10(9)19-12(13,14)15/h3-8H,16H2,1-2H3,(H,17,18). The second-order valence-electron chi connectivity index (χ2n) is 4.18. The van der Waals surface area contributed by atoms with Crippen molar-refractivity contribution in [2.45, 2.75) is 30.3 Å². The highest BCUT2D eigenvalue weighted by molar-refractivity contribution is 8.00. The molecule has 0 heterocycles. The Morgan fingerprint density at radius 1 is 1.32 bits per heavy atom. The maximum Gasteiger partial charge on any atom is 0.446 e. The van der Waals surface area contributed by atoms with Gasteiger partial charge >= 0.3 is 5.51 Å². The van der Waals surface area contributed by atoms with Gasteiger partial charge in [0, 0.05) is 10.9 Å². The molecule has 3 N–H and O–H groups in total. The maximum atomic E-state index is 12.4. The molecule has 0 aliphatic rings. The Kier molecular flexibility index (Phi) is 5.25. The smallest absolute Gasteiger partial charge is 0.327 e. The zero-order valence-electron chi connectivity index (χ0n) is 10.5. The summed E-state index contributed by atoms with van der Waals surface area (Å²) in [6.07, 6.45) is 0. The van der Waals surface area contributed by atoms with Crippen molar-refractivity contribution in [3.05, 3.63) is 24.3 Å². The molecule has 3 nitrogen and oxygen atoms in total. The van der Waals surface area contributed by atoms with Crippen LogP contribution in [0, 0.1) is 5.92 Å². The summed E-state index contributed by atoms with van der Waals surface area (Å²) in [4.78, 5) is 11.7. The summed E-state index contributed by atoms with van der Waals surface area (Å²) in [6, 6.07) is 5.41. The molecule has 19 heavy (non-hydrogen) atoms. The van der Waals surface area contributed by atoms with E-state index in [9.17, 15) is 18.0 Å². The van der Waals surface area contributed by atoms with Gasteiger partial charge in [-0.3, -0.25) is 4.79 Å². The first-order chi connectivity index (χ1) is 8.70. The maximum absolute atomic E-state index is 12.4. The molecule has 106 valence electrons. The molecule has 0 saturated carbocycles. The number of para-hydroxylation sites is 1. The van der Waals surface area contributed by atoms with E-state index in [0.29, 0.717) is 0 Å². The van der Waals surface area contributed by atoms with Crippen molar-refractivity contribution in [3.8, 4) is 0 Å². The van der Waals surface area contributed by atoms with E-state index < -0.39 is 17.3 Å². The molecule has 1 aromatic rings. The van der Waals surface area contributed by atoms with Gasteiger partial charge in [0.25, 0.3) is 0 Å². The van der Waals surface area contributed by atoms with Gasteiger partial charge < -0.3 is 11.1 Å². The van der Waals surface area contributed by atoms with Crippen LogP contribution in [0.2, 0.25) is 0 Å². The first kappa shape index (κ1) is 15.8. The summed E-state index contributed by atoms with van der Waals surface area (Å²) in [6.45, 7) is 3.29. The molecule has 1 aromatic carbocycles. The van der Waals surface area contributed by atoms with E-state index >= 15 is 0 Å². The van der Waals surface area contributed by atoms with Crippen LogP contribution >= 0.6 is 11.8 Å². The topological polar surface area (TPSA) is 55.1 Å². The van der Waals surface area contributed by atoms with Crippen LogP contribution in [0.25, 0.3) is 0 Å². The lowest BCUT2D eigenvalue weighted by Crippen LogP contribution is -2.34. The average molecular weight is 292 g/mol. The van der Waals surface area contributed by atoms with Crippen LogP contribution in [0.3, 0.4) is 0 Å². The van der Waals surface area contributed by atoms with E-state index in [-0.39, 0.29) is 28.4 Å². The highest BCUT2D eigenvalue weighted by Gasteiger charge is 2.30. The van der Waals surface area contributed by atoms with Gasteiger partial charge in [-0.05, 0) is 30.8 Å². The predicted octanol–water partition coefficient (Wildman–Crippen LogP) is 3.22. The van der Waals surface area contributed by atoms with Crippen molar-refractivity contribution >= 4 is 23.4 Å². The number of thioether (sulfide) groups is 1. The van der Waals surface area contributed by atoms with E-state index in [4.69, 9.17) is 5.73 Å². The van der Waals surface area contributed by atoms with Crippen molar-refractivity contribution in [3.63, 3.8) is 0 Å². The first-order valence-corrected chi connectivity index (χ1v) is 6.43. The van der Waals surface area contributed by atoms with Crippen LogP contribution in [0.1, 0.15) is 13.8 Å². The van der Waals surface area contributed by atoms with Crippen LogP contribution in [0.4, 0.5) is 18.9 Å². The van der Waals surface area contributed by atoms with E-state index in [1.54, 1.807) is 19.9 Å². The number of alkyl halides is 3. The number of nitrogens with one attached hydrogen (secondary N) is 1. The van der Waals surface area contributed by atoms with Crippen molar-refractivity contribution in [2.75, 3.05) is 5.32 Å². The summed E-state index contributed by atoms with van der Waals surface area (Å²) in [7, 11) is 0. The molecule has 0 fully saturated rings. The lowest BCUT2D eigenvalue weighted by molar-refractivity contribution is -0.119. The number of nitrogens with two attached hydrogens (primary N) is 1. The van der Waals surface area contributed by atoms with Crippen LogP contribution < -0.4 is 11.1 Å². The molecule has 2 atom stereocenters. The molecule has 2 unspecified atom stereocenters. The zero-order valence-corrected chi connectivity index (χ0v) is 11.3. The molecule has 0 aromatic heterocycles. The van der Waals surface area contributed by atoms with Crippen LogP contribution in [0.5, 0.6) is 0 Å². The molecule has 0 spiro atoms. The van der Waals surface area contributed by atoms with E-state index in [1.165, 1.54) is 18.2 Å². The van der Waals surface area contributed by atoms with E-state index in [2.05, 4.69) is 5.32 Å². The summed E-state index contributed by atoms with van der Waals surface area (Å²) < 4.78 is 37.1. The van der Waals surface area contributed by atoms with Gasteiger partial charge in [0.1, 0.15) is 0 Å².